The van der Waals surface area contributed by atoms with Crippen LogP contribution in [0, 0.1) is 18.3 Å². The van der Waals surface area contributed by atoms with Crippen molar-refractivity contribution in [3.05, 3.63) is 40.0 Å². The Morgan fingerprint density at radius 1 is 1.42 bits per heavy atom. The maximum absolute atomic E-state index is 12.0. The molecule has 0 bridgehead atoms. The summed E-state index contributed by atoms with van der Waals surface area (Å²) in [7, 11) is 0. The number of nitriles is 1. The fourth-order valence-electron chi connectivity index (χ4n) is 2.95. The molecule has 1 unspecified atom stereocenters. The lowest BCUT2D eigenvalue weighted by Gasteiger charge is -2.05. The summed E-state index contributed by atoms with van der Waals surface area (Å²) in [5.41, 5.74) is 4.17. The number of hydrogen-bond donors (Lipinski definition) is 1. The molecule has 2 heterocycles. The summed E-state index contributed by atoms with van der Waals surface area (Å²) < 4.78 is 5.09. The van der Waals surface area contributed by atoms with Crippen LogP contribution < -0.4 is 0 Å². The van der Waals surface area contributed by atoms with Crippen LogP contribution in [0.5, 0.6) is 0 Å². The van der Waals surface area contributed by atoms with Crippen molar-refractivity contribution >= 4 is 28.2 Å². The van der Waals surface area contributed by atoms with Crippen molar-refractivity contribution in [3.63, 3.8) is 0 Å². The van der Waals surface area contributed by atoms with E-state index in [4.69, 9.17) is 4.74 Å². The van der Waals surface area contributed by atoms with Crippen LogP contribution in [0.4, 0.5) is 0 Å². The predicted molar refractivity (Wildman–Crippen MR) is 104 cm³/mol. The van der Waals surface area contributed by atoms with Gasteiger partial charge in [-0.05, 0) is 44.4 Å². The average Bonchev–Trinajstić information content (AvgIpc) is 3.20. The van der Waals surface area contributed by atoms with E-state index < -0.39 is 0 Å². The van der Waals surface area contributed by atoms with Gasteiger partial charge in [-0.1, -0.05) is 13.8 Å². The summed E-state index contributed by atoms with van der Waals surface area (Å²) in [6.07, 6.45) is 0.961. The van der Waals surface area contributed by atoms with Gasteiger partial charge in [0.2, 0.25) is 0 Å². The van der Waals surface area contributed by atoms with Gasteiger partial charge in [0.1, 0.15) is 16.0 Å². The van der Waals surface area contributed by atoms with Gasteiger partial charge in [0.05, 0.1) is 17.9 Å². The van der Waals surface area contributed by atoms with Crippen molar-refractivity contribution in [2.75, 3.05) is 6.61 Å². The average molecular weight is 367 g/mol. The van der Waals surface area contributed by atoms with Crippen molar-refractivity contribution in [2.45, 2.75) is 40.0 Å². The molecule has 3 rings (SSSR count). The Balaban J connectivity index is 2.09. The third-order valence-electron chi connectivity index (χ3n) is 4.55. The second-order valence-electron chi connectivity index (χ2n) is 6.25. The van der Waals surface area contributed by atoms with Gasteiger partial charge in [-0.15, -0.1) is 11.3 Å². The molecule has 134 valence electrons. The van der Waals surface area contributed by atoms with E-state index in [-0.39, 0.29) is 11.9 Å². The van der Waals surface area contributed by atoms with Gasteiger partial charge < -0.3 is 9.72 Å². The first-order valence-corrected chi connectivity index (χ1v) is 9.52. The smallest absolute Gasteiger partial charge is 0.350 e. The minimum Gasteiger partial charge on any atom is -0.462 e. The summed E-state index contributed by atoms with van der Waals surface area (Å²) in [6, 6.07) is 8.25. The highest BCUT2D eigenvalue weighted by Crippen LogP contribution is 2.34. The van der Waals surface area contributed by atoms with Crippen LogP contribution in [0.25, 0.3) is 21.5 Å². The number of ether oxygens (including phenoxy) is 1. The summed E-state index contributed by atoms with van der Waals surface area (Å²) in [4.78, 5) is 20.5. The number of carbonyl (C=O) groups excluding carboxylic acids is 1. The van der Waals surface area contributed by atoms with Crippen molar-refractivity contribution in [1.82, 2.24) is 9.97 Å². The van der Waals surface area contributed by atoms with Crippen LogP contribution in [-0.2, 0) is 4.74 Å². The Hall–Kier alpha value is -2.65. The molecule has 0 aliphatic heterocycles. The fraction of sp³-hybridized carbons (Fsp3) is 0.350. The van der Waals surface area contributed by atoms with Gasteiger partial charge in [0.25, 0.3) is 0 Å². The third kappa shape index (κ3) is 3.11. The monoisotopic (exact) mass is 367 g/mol. The number of benzene rings is 1. The van der Waals surface area contributed by atoms with E-state index >= 15 is 0 Å². The van der Waals surface area contributed by atoms with Gasteiger partial charge >= 0.3 is 5.97 Å². The highest BCUT2D eigenvalue weighted by Gasteiger charge is 2.19. The SMILES string of the molecule is CCOC(=O)c1sc(-c2ccc3[nH]c(C(C)CC)c(C#N)c3c2)nc1C. The number of thiazole rings is 1. The fourth-order valence-corrected chi connectivity index (χ4v) is 3.90. The normalized spacial score (nSPS) is 12.1. The largest absolute Gasteiger partial charge is 0.462 e. The van der Waals surface area contributed by atoms with Crippen LogP contribution in [-0.4, -0.2) is 22.5 Å². The zero-order chi connectivity index (χ0) is 18.8. The van der Waals surface area contributed by atoms with Crippen molar-refractivity contribution in [3.8, 4) is 16.6 Å². The molecule has 0 amide bonds. The quantitative estimate of drug-likeness (QED) is 0.632. The molecule has 2 aromatic heterocycles. The van der Waals surface area contributed by atoms with E-state index in [0.29, 0.717) is 22.7 Å². The Bertz CT molecular complexity index is 1010. The third-order valence-corrected chi connectivity index (χ3v) is 5.74. The predicted octanol–water partition coefficient (Wildman–Crippen LogP) is 5.16. The summed E-state index contributed by atoms with van der Waals surface area (Å²) in [6.45, 7) is 8.15. The molecule has 3 aromatic rings. The maximum Gasteiger partial charge on any atom is 0.350 e. The lowest BCUT2D eigenvalue weighted by atomic mass is 10.00. The van der Waals surface area contributed by atoms with Gasteiger partial charge in [-0.3, -0.25) is 0 Å². The molecule has 1 N–H and O–H groups in total. The first-order chi connectivity index (χ1) is 12.5. The molecule has 1 aromatic carbocycles. The second-order valence-corrected chi connectivity index (χ2v) is 7.25. The van der Waals surface area contributed by atoms with Crippen LogP contribution in [0.1, 0.15) is 59.7 Å². The molecule has 6 heteroatoms. The minimum atomic E-state index is -0.340. The number of aromatic amines is 1. The molecular formula is C20H21N3O2S. The van der Waals surface area contributed by atoms with E-state index in [0.717, 1.165) is 33.6 Å². The number of rotatable bonds is 5. The van der Waals surface area contributed by atoms with E-state index in [1.807, 2.05) is 25.1 Å². The number of fused-ring (bicyclic) bond motifs is 1. The molecule has 0 fully saturated rings. The molecule has 0 saturated heterocycles. The zero-order valence-electron chi connectivity index (χ0n) is 15.3. The van der Waals surface area contributed by atoms with E-state index in [1.54, 1.807) is 6.92 Å². The first kappa shape index (κ1) is 18.2. The number of carbonyl (C=O) groups is 1. The van der Waals surface area contributed by atoms with Gasteiger partial charge in [-0.25, -0.2) is 9.78 Å². The molecule has 0 saturated carbocycles. The van der Waals surface area contributed by atoms with Gasteiger partial charge in [0, 0.05) is 22.2 Å². The van der Waals surface area contributed by atoms with Crippen LogP contribution in [0.15, 0.2) is 18.2 Å². The van der Waals surface area contributed by atoms with E-state index in [1.165, 1.54) is 11.3 Å². The lowest BCUT2D eigenvalue weighted by molar-refractivity contribution is 0.0531. The van der Waals surface area contributed by atoms with Crippen molar-refractivity contribution in [2.24, 2.45) is 0 Å². The summed E-state index contributed by atoms with van der Waals surface area (Å²) in [5, 5.41) is 11.3. The number of esters is 1. The summed E-state index contributed by atoms with van der Waals surface area (Å²) in [5.74, 6) is -0.0498. The molecule has 26 heavy (non-hydrogen) atoms. The van der Waals surface area contributed by atoms with Gasteiger partial charge in [0.15, 0.2) is 0 Å². The Morgan fingerprint density at radius 2 is 2.19 bits per heavy atom. The molecule has 0 aliphatic carbocycles. The maximum atomic E-state index is 12.0. The molecule has 1 atom stereocenters. The van der Waals surface area contributed by atoms with Gasteiger partial charge in [-0.2, -0.15) is 5.26 Å². The summed E-state index contributed by atoms with van der Waals surface area (Å²) >= 11 is 1.32. The standard InChI is InChI=1S/C20H21N3O2S/c1-5-11(3)17-15(10-21)14-9-13(7-8-16(14)23-17)19-22-12(4)18(26-19)20(24)25-6-2/h7-9,11,23H,5-6H2,1-4H3. The first-order valence-electron chi connectivity index (χ1n) is 8.70. The number of hydrogen-bond acceptors (Lipinski definition) is 5. The van der Waals surface area contributed by atoms with Crippen LogP contribution in [0.3, 0.4) is 0 Å². The number of nitrogens with zero attached hydrogens (tertiary/aromatic N) is 2. The van der Waals surface area contributed by atoms with E-state index in [2.05, 4.69) is 29.9 Å². The minimum absolute atomic E-state index is 0.290. The number of H-pyrrole nitrogens is 1. The zero-order valence-corrected chi connectivity index (χ0v) is 16.2. The number of aromatic nitrogens is 2. The molecule has 0 radical (unpaired) electrons. The Labute approximate surface area is 156 Å². The Morgan fingerprint density at radius 3 is 2.85 bits per heavy atom. The van der Waals surface area contributed by atoms with Crippen LogP contribution in [0.2, 0.25) is 0 Å². The Kier molecular flexibility index (Phi) is 5.10. The molecule has 5 nitrogen and oxygen atoms in total. The topological polar surface area (TPSA) is 78.8 Å². The highest BCUT2D eigenvalue weighted by molar-refractivity contribution is 7.17. The van der Waals surface area contributed by atoms with Crippen molar-refractivity contribution in [1.29, 1.82) is 5.26 Å². The van der Waals surface area contributed by atoms with E-state index in [9.17, 15) is 10.1 Å². The molecule has 0 aliphatic rings. The van der Waals surface area contributed by atoms with Crippen LogP contribution >= 0.6 is 11.3 Å². The number of aryl methyl sites for hydroxylation is 1. The molecular weight excluding hydrogens is 346 g/mol. The highest BCUT2D eigenvalue weighted by atomic mass is 32.1. The lowest BCUT2D eigenvalue weighted by Crippen LogP contribution is -2.03. The number of nitrogens with one attached hydrogen (secondary N) is 1. The second kappa shape index (κ2) is 7.30. The van der Waals surface area contributed by atoms with Crippen molar-refractivity contribution < 1.29 is 9.53 Å². The molecule has 0 spiro atoms.